The lowest BCUT2D eigenvalue weighted by Gasteiger charge is -2.35. The van der Waals surface area contributed by atoms with Gasteiger partial charge in [0.2, 0.25) is 0 Å². The molecule has 0 amide bonds. The lowest BCUT2D eigenvalue weighted by Crippen LogP contribution is -2.47. The number of methoxy groups -OCH3 is 1. The topological polar surface area (TPSA) is 68.5 Å². The molecule has 1 aromatic carbocycles. The molecule has 8 nitrogen and oxygen atoms in total. The first-order valence-electron chi connectivity index (χ1n) is 11.2. The summed E-state index contributed by atoms with van der Waals surface area (Å²) in [5.74, 6) is 3.16. The summed E-state index contributed by atoms with van der Waals surface area (Å²) >= 11 is 0. The molecule has 0 radical (unpaired) electrons. The molecule has 0 spiro atoms. The van der Waals surface area contributed by atoms with Gasteiger partial charge in [0.1, 0.15) is 24.1 Å². The lowest BCUT2D eigenvalue weighted by atomic mass is 10.1. The highest BCUT2D eigenvalue weighted by atomic mass is 19.1. The second-order valence-electron chi connectivity index (χ2n) is 8.31. The molecule has 32 heavy (non-hydrogen) atoms. The van der Waals surface area contributed by atoms with Crippen LogP contribution in [0, 0.1) is 6.92 Å². The van der Waals surface area contributed by atoms with E-state index in [1.807, 2.05) is 31.2 Å². The maximum absolute atomic E-state index is 12.8. The summed E-state index contributed by atoms with van der Waals surface area (Å²) in [7, 11) is 1.68. The predicted octanol–water partition coefficient (Wildman–Crippen LogP) is 2.86. The van der Waals surface area contributed by atoms with Gasteiger partial charge in [-0.1, -0.05) is 12.1 Å². The van der Waals surface area contributed by atoms with E-state index in [-0.39, 0.29) is 12.7 Å². The summed E-state index contributed by atoms with van der Waals surface area (Å²) < 4.78 is 26.3. The second kappa shape index (κ2) is 8.99. The number of piperazine rings is 1. The number of benzene rings is 1. The Balaban J connectivity index is 1.64. The molecule has 2 fully saturated rings. The zero-order valence-corrected chi connectivity index (χ0v) is 18.6. The standard InChI is InChI=1S/C23H29FN6O2/c1-16-25-22(29-12-10-28(9-8-24)11-13-29)20-23(26-16)30(17-7-14-32-15-17)21(27-20)18-5-3-4-6-19(18)31-2/h3-6,17H,7-15H2,1-2H3/t17-/m1/s1. The minimum absolute atomic E-state index is 0.156. The van der Waals surface area contributed by atoms with Gasteiger partial charge in [-0.15, -0.1) is 0 Å². The van der Waals surface area contributed by atoms with E-state index < -0.39 is 0 Å². The fourth-order valence-electron chi connectivity index (χ4n) is 4.68. The predicted molar refractivity (Wildman–Crippen MR) is 121 cm³/mol. The minimum atomic E-state index is -0.313. The molecule has 0 saturated carbocycles. The fourth-order valence-corrected chi connectivity index (χ4v) is 4.68. The summed E-state index contributed by atoms with van der Waals surface area (Å²) in [4.78, 5) is 19.1. The first kappa shape index (κ1) is 21.1. The van der Waals surface area contributed by atoms with Crippen LogP contribution in [0.4, 0.5) is 10.2 Å². The van der Waals surface area contributed by atoms with Crippen LogP contribution in [0.2, 0.25) is 0 Å². The number of aryl methyl sites for hydroxylation is 1. The van der Waals surface area contributed by atoms with Gasteiger partial charge < -0.3 is 18.9 Å². The van der Waals surface area contributed by atoms with Crippen LogP contribution in [0.1, 0.15) is 18.3 Å². The van der Waals surface area contributed by atoms with E-state index in [9.17, 15) is 4.39 Å². The Bertz CT molecular complexity index is 1090. The molecule has 0 N–H and O–H groups in total. The van der Waals surface area contributed by atoms with Crippen molar-refractivity contribution in [3.8, 4) is 17.1 Å². The summed E-state index contributed by atoms with van der Waals surface area (Å²) in [5.41, 5.74) is 2.55. The van der Waals surface area contributed by atoms with Crippen LogP contribution < -0.4 is 9.64 Å². The van der Waals surface area contributed by atoms with Crippen molar-refractivity contribution < 1.29 is 13.9 Å². The number of aromatic nitrogens is 4. The Kier molecular flexibility index (Phi) is 5.93. The number of hydrogen-bond donors (Lipinski definition) is 0. The Morgan fingerprint density at radius 2 is 1.94 bits per heavy atom. The van der Waals surface area contributed by atoms with Gasteiger partial charge in [-0.2, -0.15) is 0 Å². The quantitative estimate of drug-likeness (QED) is 0.584. The van der Waals surface area contributed by atoms with Crippen LogP contribution in [0.25, 0.3) is 22.6 Å². The van der Waals surface area contributed by atoms with E-state index in [1.54, 1.807) is 7.11 Å². The van der Waals surface area contributed by atoms with Crippen LogP contribution in [0.5, 0.6) is 5.75 Å². The average molecular weight is 441 g/mol. The van der Waals surface area contributed by atoms with Crippen molar-refractivity contribution in [1.82, 2.24) is 24.4 Å². The number of alkyl halides is 1. The molecule has 0 bridgehead atoms. The number of ether oxygens (including phenoxy) is 2. The smallest absolute Gasteiger partial charge is 0.166 e. The molecular weight excluding hydrogens is 411 g/mol. The molecule has 0 unspecified atom stereocenters. The number of nitrogens with zero attached hydrogens (tertiary/aromatic N) is 6. The molecule has 4 heterocycles. The Hall–Kier alpha value is -2.78. The maximum Gasteiger partial charge on any atom is 0.166 e. The Labute approximate surface area is 187 Å². The van der Waals surface area contributed by atoms with Gasteiger partial charge >= 0.3 is 0 Å². The lowest BCUT2D eigenvalue weighted by molar-refractivity contribution is 0.187. The number of para-hydroxylation sites is 1. The summed E-state index contributed by atoms with van der Waals surface area (Å²) in [6.45, 7) is 6.65. The van der Waals surface area contributed by atoms with Crippen molar-refractivity contribution in [1.29, 1.82) is 0 Å². The largest absolute Gasteiger partial charge is 0.496 e. The summed E-state index contributed by atoms with van der Waals surface area (Å²) in [6.07, 6.45) is 0.911. The number of fused-ring (bicyclic) bond motifs is 1. The number of rotatable bonds is 6. The third-order valence-electron chi connectivity index (χ3n) is 6.32. The van der Waals surface area contributed by atoms with Crippen LogP contribution in [0.15, 0.2) is 24.3 Å². The van der Waals surface area contributed by atoms with Gasteiger partial charge in [-0.05, 0) is 25.5 Å². The molecule has 2 aliphatic heterocycles. The molecule has 2 aliphatic rings. The average Bonchev–Trinajstić information content (AvgIpc) is 3.47. The van der Waals surface area contributed by atoms with Crippen LogP contribution in [-0.4, -0.2) is 84.1 Å². The highest BCUT2D eigenvalue weighted by Crippen LogP contribution is 2.37. The van der Waals surface area contributed by atoms with E-state index in [1.165, 1.54) is 0 Å². The SMILES string of the molecule is COc1ccccc1-c1nc2c(N3CCN(CCF)CC3)nc(C)nc2n1[C@@H]1CCOC1. The van der Waals surface area contributed by atoms with Gasteiger partial charge in [-0.25, -0.2) is 19.3 Å². The second-order valence-corrected chi connectivity index (χ2v) is 8.31. The van der Waals surface area contributed by atoms with Crippen molar-refractivity contribution in [3.05, 3.63) is 30.1 Å². The van der Waals surface area contributed by atoms with Gasteiger partial charge in [0.05, 0.1) is 25.3 Å². The number of hydrogen-bond acceptors (Lipinski definition) is 7. The van der Waals surface area contributed by atoms with E-state index in [2.05, 4.69) is 14.4 Å². The fraction of sp³-hybridized carbons (Fsp3) is 0.522. The Morgan fingerprint density at radius 3 is 2.66 bits per heavy atom. The Morgan fingerprint density at radius 1 is 1.12 bits per heavy atom. The molecule has 9 heteroatoms. The number of anilines is 1. The number of halogens is 1. The third kappa shape index (κ3) is 3.80. The normalized spacial score (nSPS) is 19.7. The van der Waals surface area contributed by atoms with Crippen LogP contribution >= 0.6 is 0 Å². The zero-order chi connectivity index (χ0) is 22.1. The minimum Gasteiger partial charge on any atom is -0.496 e. The zero-order valence-electron chi connectivity index (χ0n) is 18.6. The van der Waals surface area contributed by atoms with Crippen molar-refractivity contribution in [3.63, 3.8) is 0 Å². The first-order chi connectivity index (χ1) is 15.7. The molecule has 3 aromatic rings. The number of imidazole rings is 1. The van der Waals surface area contributed by atoms with E-state index in [0.717, 1.165) is 73.3 Å². The van der Waals surface area contributed by atoms with Crippen molar-refractivity contribution >= 4 is 17.0 Å². The molecule has 2 saturated heterocycles. The maximum atomic E-state index is 12.8. The molecule has 5 rings (SSSR count). The molecule has 0 aliphatic carbocycles. The van der Waals surface area contributed by atoms with Gasteiger partial charge in [-0.3, -0.25) is 4.90 Å². The summed E-state index contributed by atoms with van der Waals surface area (Å²) in [5, 5.41) is 0. The molecule has 2 aromatic heterocycles. The molecular formula is C23H29FN6O2. The van der Waals surface area contributed by atoms with E-state index in [4.69, 9.17) is 24.4 Å². The first-order valence-corrected chi connectivity index (χ1v) is 11.2. The van der Waals surface area contributed by atoms with E-state index in [0.29, 0.717) is 19.0 Å². The van der Waals surface area contributed by atoms with E-state index >= 15 is 0 Å². The highest BCUT2D eigenvalue weighted by Gasteiger charge is 2.29. The van der Waals surface area contributed by atoms with Crippen LogP contribution in [-0.2, 0) is 4.74 Å². The molecule has 170 valence electrons. The van der Waals surface area contributed by atoms with Crippen molar-refractivity contribution in [2.45, 2.75) is 19.4 Å². The van der Waals surface area contributed by atoms with Crippen molar-refractivity contribution in [2.24, 2.45) is 0 Å². The highest BCUT2D eigenvalue weighted by molar-refractivity contribution is 5.88. The molecule has 1 atom stereocenters. The van der Waals surface area contributed by atoms with Gasteiger partial charge in [0.15, 0.2) is 17.0 Å². The third-order valence-corrected chi connectivity index (χ3v) is 6.32. The van der Waals surface area contributed by atoms with Gasteiger partial charge in [0, 0.05) is 39.3 Å². The van der Waals surface area contributed by atoms with Crippen molar-refractivity contribution in [2.75, 3.05) is 64.6 Å². The van der Waals surface area contributed by atoms with Crippen LogP contribution in [0.3, 0.4) is 0 Å². The van der Waals surface area contributed by atoms with Gasteiger partial charge in [0.25, 0.3) is 0 Å². The monoisotopic (exact) mass is 440 g/mol. The summed E-state index contributed by atoms with van der Waals surface area (Å²) in [6, 6.07) is 8.09.